The maximum Gasteiger partial charge on any atom is 0.127 e. The van der Waals surface area contributed by atoms with Crippen molar-refractivity contribution in [3.8, 4) is 11.5 Å². The molecule has 0 bridgehead atoms. The number of fused-ring (bicyclic) bond motifs is 1. The molecular formula is C10H7NO3. The van der Waals surface area contributed by atoms with Crippen LogP contribution in [0.1, 0.15) is 0 Å². The molecule has 0 amide bonds. The molecule has 0 aromatic heterocycles. The van der Waals surface area contributed by atoms with Gasteiger partial charge in [0, 0.05) is 5.39 Å². The van der Waals surface area contributed by atoms with Gasteiger partial charge in [-0.05, 0) is 23.4 Å². The fourth-order valence-corrected chi connectivity index (χ4v) is 1.43. The normalized spacial score (nSPS) is 10.3. The molecule has 14 heavy (non-hydrogen) atoms. The Bertz CT molecular complexity index is 500. The molecule has 0 atom stereocenters. The zero-order valence-electron chi connectivity index (χ0n) is 7.14. The number of hydrogen-bond acceptors (Lipinski definition) is 4. The Balaban J connectivity index is 2.98. The molecule has 4 heteroatoms. The molecule has 0 saturated heterocycles. The van der Waals surface area contributed by atoms with Gasteiger partial charge in [0.1, 0.15) is 17.2 Å². The molecule has 0 heterocycles. The van der Waals surface area contributed by atoms with Crippen molar-refractivity contribution in [3.63, 3.8) is 0 Å². The second-order valence-corrected chi connectivity index (χ2v) is 2.89. The molecule has 0 aliphatic rings. The van der Waals surface area contributed by atoms with Crippen LogP contribution in [-0.2, 0) is 0 Å². The van der Waals surface area contributed by atoms with E-state index >= 15 is 0 Å². The second-order valence-electron chi connectivity index (χ2n) is 2.89. The molecule has 0 fully saturated rings. The highest BCUT2D eigenvalue weighted by Gasteiger charge is 2.08. The maximum atomic E-state index is 10.4. The molecule has 70 valence electrons. The Kier molecular flexibility index (Phi) is 1.81. The first-order valence-corrected chi connectivity index (χ1v) is 4.01. The van der Waals surface area contributed by atoms with Gasteiger partial charge in [0.15, 0.2) is 0 Å². The lowest BCUT2D eigenvalue weighted by Crippen LogP contribution is -1.76. The van der Waals surface area contributed by atoms with E-state index in [0.717, 1.165) is 0 Å². The summed E-state index contributed by atoms with van der Waals surface area (Å²) in [6.07, 6.45) is 0. The van der Waals surface area contributed by atoms with E-state index in [1.165, 1.54) is 18.2 Å². The van der Waals surface area contributed by atoms with Gasteiger partial charge in [0.25, 0.3) is 0 Å². The Morgan fingerprint density at radius 3 is 2.43 bits per heavy atom. The predicted molar refractivity (Wildman–Crippen MR) is 52.7 cm³/mol. The molecule has 0 unspecified atom stereocenters. The van der Waals surface area contributed by atoms with Crippen LogP contribution in [0.3, 0.4) is 0 Å². The molecular weight excluding hydrogens is 182 g/mol. The minimum Gasteiger partial charge on any atom is -0.507 e. The first-order chi connectivity index (χ1) is 6.74. The van der Waals surface area contributed by atoms with E-state index in [-0.39, 0.29) is 22.6 Å². The van der Waals surface area contributed by atoms with Crippen LogP contribution in [0.15, 0.2) is 35.5 Å². The number of rotatable bonds is 1. The minimum atomic E-state index is -0.0644. The van der Waals surface area contributed by atoms with Crippen LogP contribution >= 0.6 is 0 Å². The third-order valence-corrected chi connectivity index (χ3v) is 2.07. The zero-order valence-corrected chi connectivity index (χ0v) is 7.14. The monoisotopic (exact) mass is 189 g/mol. The van der Waals surface area contributed by atoms with Gasteiger partial charge >= 0.3 is 0 Å². The van der Waals surface area contributed by atoms with Crippen LogP contribution in [0.25, 0.3) is 10.8 Å². The predicted octanol–water partition coefficient (Wildman–Crippen LogP) is 2.65. The van der Waals surface area contributed by atoms with Crippen LogP contribution in [0.4, 0.5) is 5.69 Å². The fourth-order valence-electron chi connectivity index (χ4n) is 1.43. The SMILES string of the molecule is O=Nc1ccc(O)c2c(O)cccc12. The minimum absolute atomic E-state index is 0.0644. The van der Waals surface area contributed by atoms with E-state index in [1.807, 2.05) is 0 Å². The van der Waals surface area contributed by atoms with Gasteiger partial charge in [-0.15, -0.1) is 4.91 Å². The average molecular weight is 189 g/mol. The highest BCUT2D eigenvalue weighted by molar-refractivity contribution is 6.00. The van der Waals surface area contributed by atoms with Crippen molar-refractivity contribution in [2.75, 3.05) is 0 Å². The van der Waals surface area contributed by atoms with E-state index in [1.54, 1.807) is 12.1 Å². The van der Waals surface area contributed by atoms with Crippen molar-refractivity contribution >= 4 is 16.5 Å². The third kappa shape index (κ3) is 1.08. The molecule has 2 N–H and O–H groups in total. The van der Waals surface area contributed by atoms with Crippen molar-refractivity contribution in [2.45, 2.75) is 0 Å². The molecule has 0 aliphatic carbocycles. The van der Waals surface area contributed by atoms with E-state index in [9.17, 15) is 15.1 Å². The molecule has 2 aromatic rings. The first kappa shape index (κ1) is 8.50. The summed E-state index contributed by atoms with van der Waals surface area (Å²) in [4.78, 5) is 10.4. The Morgan fingerprint density at radius 2 is 1.71 bits per heavy atom. The number of aromatic hydroxyl groups is 2. The zero-order chi connectivity index (χ0) is 10.1. The van der Waals surface area contributed by atoms with E-state index in [4.69, 9.17) is 0 Å². The number of hydrogen-bond donors (Lipinski definition) is 2. The molecule has 2 rings (SSSR count). The van der Waals surface area contributed by atoms with Gasteiger partial charge in [-0.25, -0.2) is 0 Å². The Morgan fingerprint density at radius 1 is 1.00 bits per heavy atom. The van der Waals surface area contributed by atoms with Gasteiger partial charge in [0.2, 0.25) is 0 Å². The van der Waals surface area contributed by atoms with E-state index in [2.05, 4.69) is 5.18 Å². The lowest BCUT2D eigenvalue weighted by molar-refractivity contribution is 0.464. The smallest absolute Gasteiger partial charge is 0.127 e. The second kappa shape index (κ2) is 2.99. The average Bonchev–Trinajstić information content (AvgIpc) is 2.18. The van der Waals surface area contributed by atoms with Gasteiger partial charge in [0.05, 0.1) is 5.39 Å². The van der Waals surface area contributed by atoms with Crippen LogP contribution in [0.2, 0.25) is 0 Å². The Labute approximate surface area is 79.4 Å². The number of nitrogens with zero attached hydrogens (tertiary/aromatic N) is 1. The maximum absolute atomic E-state index is 10.4. The number of nitroso groups, excluding NO2 is 1. The van der Waals surface area contributed by atoms with Gasteiger partial charge in [-0.1, -0.05) is 12.1 Å². The van der Waals surface area contributed by atoms with Gasteiger partial charge in [-0.3, -0.25) is 0 Å². The quantitative estimate of drug-likeness (QED) is 0.677. The van der Waals surface area contributed by atoms with Crippen molar-refractivity contribution in [3.05, 3.63) is 35.2 Å². The number of phenols is 2. The lowest BCUT2D eigenvalue weighted by atomic mass is 10.1. The highest BCUT2D eigenvalue weighted by Crippen LogP contribution is 2.37. The molecule has 0 radical (unpaired) electrons. The lowest BCUT2D eigenvalue weighted by Gasteiger charge is -2.03. The van der Waals surface area contributed by atoms with Crippen molar-refractivity contribution in [1.82, 2.24) is 0 Å². The number of benzene rings is 2. The third-order valence-electron chi connectivity index (χ3n) is 2.07. The highest BCUT2D eigenvalue weighted by atomic mass is 16.3. The van der Waals surface area contributed by atoms with E-state index < -0.39 is 0 Å². The molecule has 0 spiro atoms. The summed E-state index contributed by atoms with van der Waals surface area (Å²) in [5, 5.41) is 22.4. The van der Waals surface area contributed by atoms with Crippen LogP contribution in [0.5, 0.6) is 11.5 Å². The van der Waals surface area contributed by atoms with Crippen molar-refractivity contribution < 1.29 is 10.2 Å². The molecule has 0 saturated carbocycles. The molecule has 2 aromatic carbocycles. The summed E-state index contributed by atoms with van der Waals surface area (Å²) >= 11 is 0. The summed E-state index contributed by atoms with van der Waals surface area (Å²) in [5.74, 6) is -0.129. The number of phenolic OH excluding ortho intramolecular Hbond substituents is 2. The summed E-state index contributed by atoms with van der Waals surface area (Å²) in [6.45, 7) is 0. The summed E-state index contributed by atoms with van der Waals surface area (Å²) < 4.78 is 0. The standard InChI is InChI=1S/C10H7NO3/c12-8-3-1-2-6-7(11-14)4-5-9(13)10(6)8/h1-5,12-13H. The summed E-state index contributed by atoms with van der Waals surface area (Å²) in [5.41, 5.74) is 0.203. The molecule has 0 aliphatic heterocycles. The van der Waals surface area contributed by atoms with E-state index in [0.29, 0.717) is 5.39 Å². The molecule has 4 nitrogen and oxygen atoms in total. The van der Waals surface area contributed by atoms with Crippen molar-refractivity contribution in [1.29, 1.82) is 0 Å². The summed E-state index contributed by atoms with van der Waals surface area (Å²) in [7, 11) is 0. The fraction of sp³-hybridized carbons (Fsp3) is 0. The summed E-state index contributed by atoms with van der Waals surface area (Å²) in [6, 6.07) is 7.39. The van der Waals surface area contributed by atoms with Gasteiger partial charge < -0.3 is 10.2 Å². The van der Waals surface area contributed by atoms with Gasteiger partial charge in [-0.2, -0.15) is 0 Å². The largest absolute Gasteiger partial charge is 0.507 e. The van der Waals surface area contributed by atoms with Crippen molar-refractivity contribution in [2.24, 2.45) is 5.18 Å². The van der Waals surface area contributed by atoms with Crippen LogP contribution in [-0.4, -0.2) is 10.2 Å². The Hall–Kier alpha value is -2.10. The first-order valence-electron chi connectivity index (χ1n) is 4.01. The van der Waals surface area contributed by atoms with Crippen LogP contribution < -0.4 is 0 Å². The van der Waals surface area contributed by atoms with Crippen LogP contribution in [0, 0.1) is 4.91 Å². The topological polar surface area (TPSA) is 69.9 Å².